The van der Waals surface area contributed by atoms with E-state index in [1.54, 1.807) is 0 Å². The summed E-state index contributed by atoms with van der Waals surface area (Å²) in [6.07, 6.45) is 6.12. The fourth-order valence-electron chi connectivity index (χ4n) is 3.21. The number of ether oxygens (including phenoxy) is 1. The molecule has 0 aromatic heterocycles. The number of hydrogen-bond acceptors (Lipinski definition) is 2. The number of para-hydroxylation sites is 1. The van der Waals surface area contributed by atoms with Gasteiger partial charge in [-0.3, -0.25) is 4.99 Å². The van der Waals surface area contributed by atoms with E-state index in [0.29, 0.717) is 5.92 Å². The molecule has 0 bridgehead atoms. The van der Waals surface area contributed by atoms with Gasteiger partial charge in [0.2, 0.25) is 0 Å². The van der Waals surface area contributed by atoms with Gasteiger partial charge in [0, 0.05) is 25.6 Å². The lowest BCUT2D eigenvalue weighted by Crippen LogP contribution is -2.38. The second-order valence-corrected chi connectivity index (χ2v) is 5.97. The lowest BCUT2D eigenvalue weighted by Gasteiger charge is -2.26. The Kier molecular flexibility index (Phi) is 4.63. The topological polar surface area (TPSA) is 50.9 Å². The number of rotatable bonds is 2. The quantitative estimate of drug-likeness (QED) is 0.672. The first-order valence-corrected chi connectivity index (χ1v) is 8.11. The maximum atomic E-state index is 6.20. The van der Waals surface area contributed by atoms with Crippen molar-refractivity contribution in [2.75, 3.05) is 26.2 Å². The molecule has 0 saturated carbocycles. The molecular weight excluding hydrogens is 262 g/mol. The Morgan fingerprint density at radius 3 is 2.76 bits per heavy atom. The van der Waals surface area contributed by atoms with Gasteiger partial charge in [-0.15, -0.1) is 0 Å². The number of hydrogen-bond donors (Lipinski definition) is 1. The molecule has 0 spiro atoms. The second kappa shape index (κ2) is 6.83. The first-order valence-electron chi connectivity index (χ1n) is 8.11. The van der Waals surface area contributed by atoms with E-state index in [-0.39, 0.29) is 0 Å². The first-order chi connectivity index (χ1) is 10.3. The van der Waals surface area contributed by atoms with Gasteiger partial charge < -0.3 is 15.4 Å². The number of aliphatic imine (C=N–C) groups is 1. The van der Waals surface area contributed by atoms with Gasteiger partial charge in [0.15, 0.2) is 5.96 Å². The Morgan fingerprint density at radius 2 is 1.95 bits per heavy atom. The molecule has 1 unspecified atom stereocenters. The van der Waals surface area contributed by atoms with Gasteiger partial charge >= 0.3 is 0 Å². The molecule has 4 heteroatoms. The monoisotopic (exact) mass is 287 g/mol. The van der Waals surface area contributed by atoms with Crippen molar-refractivity contribution < 1.29 is 4.74 Å². The van der Waals surface area contributed by atoms with Crippen molar-refractivity contribution in [3.05, 3.63) is 29.8 Å². The van der Waals surface area contributed by atoms with E-state index in [2.05, 4.69) is 22.0 Å². The number of benzene rings is 1. The highest BCUT2D eigenvalue weighted by molar-refractivity contribution is 5.78. The minimum Gasteiger partial charge on any atom is -0.493 e. The second-order valence-electron chi connectivity index (χ2n) is 5.97. The van der Waals surface area contributed by atoms with E-state index in [1.165, 1.54) is 31.2 Å². The zero-order valence-corrected chi connectivity index (χ0v) is 12.6. The third kappa shape index (κ3) is 3.49. The Morgan fingerprint density at radius 1 is 1.19 bits per heavy atom. The average molecular weight is 287 g/mol. The first kappa shape index (κ1) is 14.2. The van der Waals surface area contributed by atoms with E-state index >= 15 is 0 Å². The lowest BCUT2D eigenvalue weighted by atomic mass is 9.93. The molecule has 2 aliphatic rings. The number of likely N-dealkylation sites (tertiary alicyclic amines) is 1. The molecule has 0 aliphatic carbocycles. The summed E-state index contributed by atoms with van der Waals surface area (Å²) >= 11 is 0. The standard InChI is InChI=1S/C17H25N3O/c18-17(20-10-5-1-2-6-11-20)19-13-14-9-12-21-16-8-4-3-7-15(14)16/h3-4,7-8,14H,1-2,5-6,9-13H2,(H2,18,19). The van der Waals surface area contributed by atoms with Crippen LogP contribution in [0.15, 0.2) is 29.3 Å². The molecule has 2 N–H and O–H groups in total. The number of nitrogens with zero attached hydrogens (tertiary/aromatic N) is 2. The highest BCUT2D eigenvalue weighted by Gasteiger charge is 2.21. The number of fused-ring (bicyclic) bond motifs is 1. The summed E-state index contributed by atoms with van der Waals surface area (Å²) in [6, 6.07) is 8.29. The van der Waals surface area contributed by atoms with E-state index < -0.39 is 0 Å². The van der Waals surface area contributed by atoms with Crippen LogP contribution < -0.4 is 10.5 Å². The molecule has 114 valence electrons. The third-order valence-corrected chi connectivity index (χ3v) is 4.49. The van der Waals surface area contributed by atoms with Crippen LogP contribution in [0.2, 0.25) is 0 Å². The van der Waals surface area contributed by atoms with Crippen LogP contribution in [-0.2, 0) is 0 Å². The van der Waals surface area contributed by atoms with Crippen molar-refractivity contribution in [3.63, 3.8) is 0 Å². The summed E-state index contributed by atoms with van der Waals surface area (Å²) < 4.78 is 5.70. The van der Waals surface area contributed by atoms with Crippen LogP contribution in [0.25, 0.3) is 0 Å². The van der Waals surface area contributed by atoms with Gasteiger partial charge in [-0.1, -0.05) is 31.0 Å². The zero-order valence-electron chi connectivity index (χ0n) is 12.6. The van der Waals surface area contributed by atoms with Gasteiger partial charge in [0.05, 0.1) is 6.61 Å². The molecule has 1 atom stereocenters. The summed E-state index contributed by atoms with van der Waals surface area (Å²) in [7, 11) is 0. The van der Waals surface area contributed by atoms with Crippen LogP contribution in [0.4, 0.5) is 0 Å². The minimum absolute atomic E-state index is 0.431. The van der Waals surface area contributed by atoms with Crippen LogP contribution in [0.3, 0.4) is 0 Å². The van der Waals surface area contributed by atoms with Crippen molar-refractivity contribution in [2.24, 2.45) is 10.7 Å². The average Bonchev–Trinajstić information content (AvgIpc) is 2.82. The highest BCUT2D eigenvalue weighted by atomic mass is 16.5. The smallest absolute Gasteiger partial charge is 0.191 e. The van der Waals surface area contributed by atoms with Gasteiger partial charge in [0.1, 0.15) is 5.75 Å². The maximum Gasteiger partial charge on any atom is 0.191 e. The summed E-state index contributed by atoms with van der Waals surface area (Å²) in [5.74, 6) is 2.17. The fourth-order valence-corrected chi connectivity index (χ4v) is 3.21. The molecule has 2 heterocycles. The molecule has 1 saturated heterocycles. The summed E-state index contributed by atoms with van der Waals surface area (Å²) in [6.45, 7) is 3.66. The van der Waals surface area contributed by atoms with Crippen LogP contribution in [0, 0.1) is 0 Å². The molecular formula is C17H25N3O. The van der Waals surface area contributed by atoms with Gasteiger partial charge in [-0.25, -0.2) is 0 Å². The summed E-state index contributed by atoms with van der Waals surface area (Å²) in [5, 5.41) is 0. The normalized spacial score (nSPS) is 23.1. The lowest BCUT2D eigenvalue weighted by molar-refractivity contribution is 0.268. The fraction of sp³-hybridized carbons (Fsp3) is 0.588. The maximum absolute atomic E-state index is 6.20. The van der Waals surface area contributed by atoms with E-state index in [9.17, 15) is 0 Å². The van der Waals surface area contributed by atoms with Crippen LogP contribution >= 0.6 is 0 Å². The predicted molar refractivity (Wildman–Crippen MR) is 85.8 cm³/mol. The van der Waals surface area contributed by atoms with Crippen molar-refractivity contribution in [1.29, 1.82) is 0 Å². The van der Waals surface area contributed by atoms with E-state index in [4.69, 9.17) is 10.5 Å². The molecule has 3 rings (SSSR count). The molecule has 4 nitrogen and oxygen atoms in total. The molecule has 1 fully saturated rings. The van der Waals surface area contributed by atoms with Crippen molar-refractivity contribution >= 4 is 5.96 Å². The Hall–Kier alpha value is -1.71. The molecule has 21 heavy (non-hydrogen) atoms. The Balaban J connectivity index is 1.65. The molecule has 0 amide bonds. The van der Waals surface area contributed by atoms with E-state index in [1.807, 2.05) is 12.1 Å². The van der Waals surface area contributed by atoms with Crippen molar-refractivity contribution in [3.8, 4) is 5.75 Å². The van der Waals surface area contributed by atoms with Gasteiger partial charge in [-0.2, -0.15) is 0 Å². The Labute approximate surface area is 127 Å². The highest BCUT2D eigenvalue weighted by Crippen LogP contribution is 2.33. The predicted octanol–water partition coefficient (Wildman–Crippen LogP) is 2.74. The molecule has 2 aliphatic heterocycles. The largest absolute Gasteiger partial charge is 0.493 e. The minimum atomic E-state index is 0.431. The molecule has 1 aromatic rings. The van der Waals surface area contributed by atoms with Crippen LogP contribution in [0.5, 0.6) is 5.75 Å². The Bertz CT molecular complexity index is 493. The number of nitrogens with two attached hydrogens (primary N) is 1. The SMILES string of the molecule is NC(=NCC1CCOc2ccccc21)N1CCCCCC1. The third-order valence-electron chi connectivity index (χ3n) is 4.49. The van der Waals surface area contributed by atoms with Crippen molar-refractivity contribution in [1.82, 2.24) is 4.90 Å². The van der Waals surface area contributed by atoms with Crippen LogP contribution in [0.1, 0.15) is 43.6 Å². The zero-order chi connectivity index (χ0) is 14.5. The van der Waals surface area contributed by atoms with Crippen molar-refractivity contribution in [2.45, 2.75) is 38.0 Å². The van der Waals surface area contributed by atoms with Gasteiger partial charge in [-0.05, 0) is 30.9 Å². The van der Waals surface area contributed by atoms with E-state index in [0.717, 1.165) is 44.4 Å². The number of guanidine groups is 1. The van der Waals surface area contributed by atoms with Gasteiger partial charge in [0.25, 0.3) is 0 Å². The molecule has 0 radical (unpaired) electrons. The summed E-state index contributed by atoms with van der Waals surface area (Å²) in [5.41, 5.74) is 7.47. The summed E-state index contributed by atoms with van der Waals surface area (Å²) in [4.78, 5) is 6.93. The van der Waals surface area contributed by atoms with Crippen LogP contribution in [-0.4, -0.2) is 37.1 Å². The molecule has 1 aromatic carbocycles.